The highest BCUT2D eigenvalue weighted by molar-refractivity contribution is 5.72. The third-order valence-corrected chi connectivity index (χ3v) is 1.55. The molecule has 0 fully saturated rings. The number of carbonyl (C=O) groups is 1. The Morgan fingerprint density at radius 2 is 2.14 bits per heavy atom. The Morgan fingerprint density at radius 1 is 1.50 bits per heavy atom. The number of rotatable bonds is 1. The molecule has 0 saturated heterocycles. The number of hydrogen-bond donors (Lipinski definition) is 1. The number of benzene rings is 1. The van der Waals surface area contributed by atoms with Crippen LogP contribution in [0.4, 0.5) is 14.9 Å². The summed E-state index contributed by atoms with van der Waals surface area (Å²) < 4.78 is 17.8. The molecule has 0 atom stereocenters. The molecule has 0 aromatic heterocycles. The molecule has 0 aliphatic heterocycles. The van der Waals surface area contributed by atoms with Crippen molar-refractivity contribution in [3.8, 4) is 5.75 Å². The van der Waals surface area contributed by atoms with Gasteiger partial charge >= 0.3 is 6.09 Å². The number of ether oxygens (including phenoxy) is 1. The van der Waals surface area contributed by atoms with E-state index in [1.807, 2.05) is 0 Å². The van der Waals surface area contributed by atoms with E-state index in [0.717, 1.165) is 0 Å². The molecule has 0 unspecified atom stereocenters. The molecular formula is C9H11FN2O2. The molecule has 1 amide bonds. The van der Waals surface area contributed by atoms with E-state index in [0.29, 0.717) is 0 Å². The summed E-state index contributed by atoms with van der Waals surface area (Å²) in [5, 5.41) is 0. The van der Waals surface area contributed by atoms with Crippen molar-refractivity contribution in [2.75, 3.05) is 19.8 Å². The minimum atomic E-state index is -0.665. The molecular weight excluding hydrogens is 187 g/mol. The average Bonchev–Trinajstić information content (AvgIpc) is 2.11. The van der Waals surface area contributed by atoms with Gasteiger partial charge in [-0.2, -0.15) is 0 Å². The lowest BCUT2D eigenvalue weighted by Crippen LogP contribution is -2.26. The molecule has 0 aliphatic carbocycles. The zero-order valence-corrected chi connectivity index (χ0v) is 7.95. The summed E-state index contributed by atoms with van der Waals surface area (Å²) in [5.74, 6) is -0.883. The smallest absolute Gasteiger partial charge is 0.405 e. The number of nitrogens with zero attached hydrogens (tertiary/aromatic N) is 1. The minimum Gasteiger partial charge on any atom is -0.405 e. The van der Waals surface area contributed by atoms with E-state index in [-0.39, 0.29) is 11.4 Å². The van der Waals surface area contributed by atoms with Crippen LogP contribution in [0.1, 0.15) is 0 Å². The Hall–Kier alpha value is -1.78. The summed E-state index contributed by atoms with van der Waals surface area (Å²) >= 11 is 0. The van der Waals surface area contributed by atoms with Crippen molar-refractivity contribution in [3.05, 3.63) is 24.0 Å². The first kappa shape index (κ1) is 10.3. The Labute approximate surface area is 81.1 Å². The molecule has 0 radical (unpaired) electrons. The van der Waals surface area contributed by atoms with Crippen molar-refractivity contribution < 1.29 is 13.9 Å². The van der Waals surface area contributed by atoms with Crippen LogP contribution in [-0.4, -0.2) is 25.1 Å². The van der Waals surface area contributed by atoms with Crippen molar-refractivity contribution in [1.82, 2.24) is 4.90 Å². The maximum atomic E-state index is 13.1. The van der Waals surface area contributed by atoms with Gasteiger partial charge in [-0.1, -0.05) is 6.07 Å². The minimum absolute atomic E-state index is 0.0974. The van der Waals surface area contributed by atoms with Gasteiger partial charge in [0.1, 0.15) is 0 Å². The number of amides is 1. The highest BCUT2D eigenvalue weighted by Gasteiger charge is 2.13. The quantitative estimate of drug-likeness (QED) is 0.695. The summed E-state index contributed by atoms with van der Waals surface area (Å²) in [6.07, 6.45) is -0.665. The molecule has 76 valence electrons. The number of anilines is 1. The predicted octanol–water partition coefficient (Wildman–Crippen LogP) is 1.47. The fraction of sp³-hybridized carbons (Fsp3) is 0.222. The second kappa shape index (κ2) is 3.95. The Balaban J connectivity index is 2.91. The standard InChI is InChI=1S/C9H11FN2O2/c1-12(2)9(13)14-8-6(10)4-3-5-7(8)11/h3-5H,11H2,1-2H3. The van der Waals surface area contributed by atoms with Crippen LogP contribution in [-0.2, 0) is 0 Å². The van der Waals surface area contributed by atoms with Gasteiger partial charge in [0.25, 0.3) is 0 Å². The second-order valence-electron chi connectivity index (χ2n) is 2.92. The van der Waals surface area contributed by atoms with Gasteiger partial charge in [-0.05, 0) is 12.1 Å². The monoisotopic (exact) mass is 198 g/mol. The Kier molecular flexibility index (Phi) is 2.91. The van der Waals surface area contributed by atoms with Crippen LogP contribution in [0.3, 0.4) is 0 Å². The first-order valence-electron chi connectivity index (χ1n) is 3.95. The summed E-state index contributed by atoms with van der Waals surface area (Å²) in [7, 11) is 3.00. The maximum Gasteiger partial charge on any atom is 0.414 e. The number of hydrogen-bond acceptors (Lipinski definition) is 3. The van der Waals surface area contributed by atoms with Crippen molar-refractivity contribution in [3.63, 3.8) is 0 Å². The Morgan fingerprint density at radius 3 is 2.64 bits per heavy atom. The van der Waals surface area contributed by atoms with Gasteiger partial charge in [0, 0.05) is 14.1 Å². The molecule has 0 heterocycles. The fourth-order valence-electron chi connectivity index (χ4n) is 0.812. The molecule has 1 rings (SSSR count). The van der Waals surface area contributed by atoms with E-state index in [2.05, 4.69) is 0 Å². The summed E-state index contributed by atoms with van der Waals surface area (Å²) in [5.41, 5.74) is 5.53. The Bertz CT molecular complexity index is 332. The van der Waals surface area contributed by atoms with Gasteiger partial charge in [0.2, 0.25) is 0 Å². The summed E-state index contributed by atoms with van der Waals surface area (Å²) in [4.78, 5) is 12.3. The van der Waals surface area contributed by atoms with Gasteiger partial charge in [-0.3, -0.25) is 0 Å². The molecule has 0 aliphatic rings. The van der Waals surface area contributed by atoms with Crippen molar-refractivity contribution >= 4 is 11.8 Å². The van der Waals surface area contributed by atoms with Crippen LogP contribution in [0.2, 0.25) is 0 Å². The number of nitrogens with two attached hydrogens (primary N) is 1. The molecule has 4 nitrogen and oxygen atoms in total. The molecule has 0 spiro atoms. The molecule has 0 saturated carbocycles. The van der Waals surface area contributed by atoms with E-state index >= 15 is 0 Å². The second-order valence-corrected chi connectivity index (χ2v) is 2.92. The molecule has 1 aromatic rings. The van der Waals surface area contributed by atoms with Crippen LogP contribution >= 0.6 is 0 Å². The lowest BCUT2D eigenvalue weighted by atomic mass is 10.3. The lowest BCUT2D eigenvalue weighted by molar-refractivity contribution is 0.170. The average molecular weight is 198 g/mol. The van der Waals surface area contributed by atoms with E-state index in [9.17, 15) is 9.18 Å². The van der Waals surface area contributed by atoms with E-state index in [1.54, 1.807) is 0 Å². The number of halogens is 1. The number of para-hydroxylation sites is 1. The normalized spacial score (nSPS) is 9.64. The van der Waals surface area contributed by atoms with Crippen LogP contribution < -0.4 is 10.5 Å². The van der Waals surface area contributed by atoms with Crippen molar-refractivity contribution in [2.24, 2.45) is 0 Å². The van der Waals surface area contributed by atoms with Gasteiger partial charge < -0.3 is 15.4 Å². The third kappa shape index (κ3) is 2.12. The molecule has 1 aromatic carbocycles. The van der Waals surface area contributed by atoms with Crippen molar-refractivity contribution in [1.29, 1.82) is 0 Å². The lowest BCUT2D eigenvalue weighted by Gasteiger charge is -2.12. The van der Waals surface area contributed by atoms with E-state index in [1.165, 1.54) is 37.2 Å². The topological polar surface area (TPSA) is 55.6 Å². The largest absolute Gasteiger partial charge is 0.414 e. The fourth-order valence-corrected chi connectivity index (χ4v) is 0.812. The van der Waals surface area contributed by atoms with Gasteiger partial charge in [0.05, 0.1) is 5.69 Å². The van der Waals surface area contributed by atoms with E-state index < -0.39 is 11.9 Å². The highest BCUT2D eigenvalue weighted by Crippen LogP contribution is 2.24. The van der Waals surface area contributed by atoms with E-state index in [4.69, 9.17) is 10.5 Å². The first-order chi connectivity index (χ1) is 6.52. The molecule has 5 heteroatoms. The van der Waals surface area contributed by atoms with Crippen LogP contribution in [0, 0.1) is 5.82 Å². The van der Waals surface area contributed by atoms with Gasteiger partial charge in [-0.25, -0.2) is 9.18 Å². The van der Waals surface area contributed by atoms with Gasteiger partial charge in [0.15, 0.2) is 11.6 Å². The zero-order chi connectivity index (χ0) is 10.7. The third-order valence-electron chi connectivity index (χ3n) is 1.55. The number of nitrogen functional groups attached to an aromatic ring is 1. The first-order valence-corrected chi connectivity index (χ1v) is 3.95. The maximum absolute atomic E-state index is 13.1. The SMILES string of the molecule is CN(C)C(=O)Oc1c(N)cccc1F. The summed E-state index contributed by atoms with van der Waals surface area (Å²) in [6.45, 7) is 0. The highest BCUT2D eigenvalue weighted by atomic mass is 19.1. The zero-order valence-electron chi connectivity index (χ0n) is 7.95. The predicted molar refractivity (Wildman–Crippen MR) is 50.5 cm³/mol. The van der Waals surface area contributed by atoms with Crippen LogP contribution in [0.5, 0.6) is 5.75 Å². The number of carbonyl (C=O) groups excluding carboxylic acids is 1. The molecule has 2 N–H and O–H groups in total. The van der Waals surface area contributed by atoms with Gasteiger partial charge in [-0.15, -0.1) is 0 Å². The molecule has 0 bridgehead atoms. The van der Waals surface area contributed by atoms with Crippen LogP contribution in [0.25, 0.3) is 0 Å². The van der Waals surface area contributed by atoms with Crippen molar-refractivity contribution in [2.45, 2.75) is 0 Å². The summed E-state index contributed by atoms with van der Waals surface area (Å²) in [6, 6.07) is 4.08. The molecule has 14 heavy (non-hydrogen) atoms. The van der Waals surface area contributed by atoms with Crippen LogP contribution in [0.15, 0.2) is 18.2 Å².